The summed E-state index contributed by atoms with van der Waals surface area (Å²) in [4.78, 5) is 0.0265. The summed E-state index contributed by atoms with van der Waals surface area (Å²) in [5.41, 5.74) is 0.842. The Morgan fingerprint density at radius 3 is 2.54 bits per heavy atom. The molecule has 0 saturated heterocycles. The zero-order valence-corrected chi connectivity index (χ0v) is 14.2. The first-order chi connectivity index (χ1) is 11.5. The van der Waals surface area contributed by atoms with Gasteiger partial charge in [0.25, 0.3) is 0 Å². The third-order valence-electron chi connectivity index (χ3n) is 3.11. The minimum atomic E-state index is -4.07. The lowest BCUT2D eigenvalue weighted by atomic mass is 10.2. The van der Waals surface area contributed by atoms with Crippen LogP contribution in [0.3, 0.4) is 0 Å². The maximum Gasteiger partial charge on any atom is 0.339 e. The van der Waals surface area contributed by atoms with Crippen LogP contribution in [0.1, 0.15) is 18.1 Å². The highest BCUT2D eigenvalue weighted by Crippen LogP contribution is 2.31. The van der Waals surface area contributed by atoms with Gasteiger partial charge in [-0.2, -0.15) is 13.7 Å². The monoisotopic (exact) mass is 347 g/mol. The molecule has 0 amide bonds. The second-order valence-electron chi connectivity index (χ2n) is 4.78. The number of hydrogen-bond acceptors (Lipinski definition) is 6. The van der Waals surface area contributed by atoms with Crippen molar-refractivity contribution in [1.29, 1.82) is 5.26 Å². The largest absolute Gasteiger partial charge is 0.490 e. The molecule has 126 valence electrons. The van der Waals surface area contributed by atoms with Crippen LogP contribution >= 0.6 is 0 Å². The lowest BCUT2D eigenvalue weighted by Gasteiger charge is -2.14. The Balaban J connectivity index is 2.42. The second kappa shape index (κ2) is 7.81. The normalized spacial score (nSPS) is 10.9. The Labute approximate surface area is 141 Å². The number of ether oxygens (including phenoxy) is 2. The molecule has 2 rings (SSSR count). The van der Waals surface area contributed by atoms with Gasteiger partial charge in [-0.05, 0) is 30.7 Å². The first-order valence-corrected chi connectivity index (χ1v) is 8.61. The van der Waals surface area contributed by atoms with Crippen molar-refractivity contribution in [2.24, 2.45) is 0 Å². The van der Waals surface area contributed by atoms with E-state index >= 15 is 0 Å². The first kappa shape index (κ1) is 17.8. The summed E-state index contributed by atoms with van der Waals surface area (Å²) < 4.78 is 40.9. The zero-order valence-electron chi connectivity index (χ0n) is 13.4. The van der Waals surface area contributed by atoms with Crippen LogP contribution in [0.4, 0.5) is 0 Å². The van der Waals surface area contributed by atoms with Gasteiger partial charge in [0, 0.05) is 13.2 Å². The summed E-state index contributed by atoms with van der Waals surface area (Å²) in [7, 11) is -2.59. The van der Waals surface area contributed by atoms with Gasteiger partial charge in [-0.25, -0.2) is 0 Å². The van der Waals surface area contributed by atoms with Crippen molar-refractivity contribution in [3.05, 3.63) is 53.6 Å². The number of rotatable bonds is 7. The van der Waals surface area contributed by atoms with Gasteiger partial charge in [-0.15, -0.1) is 0 Å². The summed E-state index contributed by atoms with van der Waals surface area (Å²) in [6.45, 7) is 2.21. The van der Waals surface area contributed by atoms with Crippen molar-refractivity contribution in [2.75, 3.05) is 13.7 Å². The van der Waals surface area contributed by atoms with E-state index < -0.39 is 10.1 Å². The number of nitriles is 1. The molecule has 7 heteroatoms. The number of methoxy groups -OCH3 is 1. The van der Waals surface area contributed by atoms with Gasteiger partial charge in [-0.1, -0.05) is 18.2 Å². The lowest BCUT2D eigenvalue weighted by Crippen LogP contribution is -2.13. The summed E-state index contributed by atoms with van der Waals surface area (Å²) >= 11 is 0. The van der Waals surface area contributed by atoms with Crippen LogP contribution in [0.5, 0.6) is 11.5 Å². The molecular formula is C17H17NO5S. The predicted octanol–water partition coefficient (Wildman–Crippen LogP) is 2.87. The quantitative estimate of drug-likeness (QED) is 0.716. The third kappa shape index (κ3) is 4.04. The zero-order chi connectivity index (χ0) is 17.6. The Morgan fingerprint density at radius 2 is 1.88 bits per heavy atom. The molecule has 0 aliphatic heterocycles. The highest BCUT2D eigenvalue weighted by Gasteiger charge is 2.22. The molecule has 0 atom stereocenters. The maximum atomic E-state index is 12.6. The van der Waals surface area contributed by atoms with Gasteiger partial charge >= 0.3 is 10.1 Å². The van der Waals surface area contributed by atoms with Crippen LogP contribution in [0, 0.1) is 11.3 Å². The van der Waals surface area contributed by atoms with E-state index in [1.807, 2.05) is 6.07 Å². The molecule has 0 fully saturated rings. The molecule has 0 aliphatic rings. The average molecular weight is 347 g/mol. The van der Waals surface area contributed by atoms with Crippen molar-refractivity contribution in [2.45, 2.75) is 18.4 Å². The molecule has 0 heterocycles. The fourth-order valence-corrected chi connectivity index (χ4v) is 3.26. The Hall–Kier alpha value is -2.56. The maximum absolute atomic E-state index is 12.6. The smallest absolute Gasteiger partial charge is 0.339 e. The van der Waals surface area contributed by atoms with Crippen molar-refractivity contribution < 1.29 is 22.1 Å². The van der Waals surface area contributed by atoms with Gasteiger partial charge in [0.15, 0.2) is 11.5 Å². The standard InChI is InChI=1S/C17H17NO5S/c1-3-22-16-10-13(11-18)8-9-15(16)23-24(19,20)17-7-5-4-6-14(17)12-21-2/h4-10H,3,12H2,1-2H3. The van der Waals surface area contributed by atoms with Crippen LogP contribution in [-0.4, -0.2) is 22.1 Å². The Morgan fingerprint density at radius 1 is 1.12 bits per heavy atom. The fraction of sp³-hybridized carbons (Fsp3) is 0.235. The SMILES string of the molecule is CCOc1cc(C#N)ccc1OS(=O)(=O)c1ccccc1COC. The fourth-order valence-electron chi connectivity index (χ4n) is 2.10. The number of nitrogens with zero attached hydrogens (tertiary/aromatic N) is 1. The Kier molecular flexibility index (Phi) is 5.79. The van der Waals surface area contributed by atoms with Gasteiger partial charge < -0.3 is 13.7 Å². The molecule has 0 aliphatic carbocycles. The minimum absolute atomic E-state index is 0.0265. The molecule has 0 unspecified atom stereocenters. The summed E-state index contributed by atoms with van der Waals surface area (Å²) in [6.07, 6.45) is 0. The van der Waals surface area contributed by atoms with E-state index in [1.165, 1.54) is 31.4 Å². The van der Waals surface area contributed by atoms with E-state index in [9.17, 15) is 8.42 Å². The molecule has 0 spiro atoms. The second-order valence-corrected chi connectivity index (χ2v) is 6.30. The number of hydrogen-bond donors (Lipinski definition) is 0. The highest BCUT2D eigenvalue weighted by atomic mass is 32.2. The van der Waals surface area contributed by atoms with Crippen molar-refractivity contribution >= 4 is 10.1 Å². The molecule has 24 heavy (non-hydrogen) atoms. The van der Waals surface area contributed by atoms with Crippen molar-refractivity contribution in [1.82, 2.24) is 0 Å². The molecule has 0 bridgehead atoms. The van der Waals surface area contributed by atoms with Gasteiger partial charge in [-0.3, -0.25) is 0 Å². The van der Waals surface area contributed by atoms with Crippen molar-refractivity contribution in [3.63, 3.8) is 0 Å². The average Bonchev–Trinajstić information content (AvgIpc) is 2.57. The topological polar surface area (TPSA) is 85.6 Å². The van der Waals surface area contributed by atoms with E-state index in [-0.39, 0.29) is 23.0 Å². The van der Waals surface area contributed by atoms with E-state index in [1.54, 1.807) is 25.1 Å². The van der Waals surface area contributed by atoms with Crippen molar-refractivity contribution in [3.8, 4) is 17.6 Å². The first-order valence-electron chi connectivity index (χ1n) is 7.20. The van der Waals surface area contributed by atoms with E-state index in [0.717, 1.165) is 0 Å². The van der Waals surface area contributed by atoms with Crippen LogP contribution in [-0.2, 0) is 21.5 Å². The minimum Gasteiger partial charge on any atom is -0.490 e. The van der Waals surface area contributed by atoms with Crippen LogP contribution in [0.25, 0.3) is 0 Å². The van der Waals surface area contributed by atoms with Gasteiger partial charge in [0.05, 0.1) is 24.8 Å². The lowest BCUT2D eigenvalue weighted by molar-refractivity contribution is 0.182. The molecule has 0 radical (unpaired) electrons. The van der Waals surface area contributed by atoms with Gasteiger partial charge in [0.2, 0.25) is 0 Å². The molecule has 2 aromatic carbocycles. The van der Waals surface area contributed by atoms with Crippen LogP contribution in [0.2, 0.25) is 0 Å². The predicted molar refractivity (Wildman–Crippen MR) is 87.3 cm³/mol. The summed E-state index contributed by atoms with van der Waals surface area (Å²) in [5.74, 6) is 0.229. The molecule has 6 nitrogen and oxygen atoms in total. The molecule has 0 saturated carbocycles. The van der Waals surface area contributed by atoms with Crippen LogP contribution in [0.15, 0.2) is 47.4 Å². The molecule has 2 aromatic rings. The highest BCUT2D eigenvalue weighted by molar-refractivity contribution is 7.87. The van der Waals surface area contributed by atoms with E-state index in [2.05, 4.69) is 0 Å². The molecular weight excluding hydrogens is 330 g/mol. The van der Waals surface area contributed by atoms with Gasteiger partial charge in [0.1, 0.15) is 4.90 Å². The van der Waals surface area contributed by atoms with E-state index in [4.69, 9.17) is 18.9 Å². The molecule has 0 aromatic heterocycles. The summed E-state index contributed by atoms with van der Waals surface area (Å²) in [6, 6.07) is 12.7. The Bertz CT molecular complexity index is 856. The summed E-state index contributed by atoms with van der Waals surface area (Å²) in [5, 5.41) is 8.95. The van der Waals surface area contributed by atoms with Crippen LogP contribution < -0.4 is 8.92 Å². The third-order valence-corrected chi connectivity index (χ3v) is 4.45. The number of benzene rings is 2. The van der Waals surface area contributed by atoms with E-state index in [0.29, 0.717) is 17.7 Å². The molecule has 0 N–H and O–H groups in total.